The van der Waals surface area contributed by atoms with Gasteiger partial charge in [0.25, 0.3) is 0 Å². The number of benzene rings is 2. The molecule has 2 aromatic carbocycles. The van der Waals surface area contributed by atoms with Crippen molar-refractivity contribution in [1.29, 1.82) is 0 Å². The summed E-state index contributed by atoms with van der Waals surface area (Å²) in [5, 5.41) is 0. The van der Waals surface area contributed by atoms with Crippen molar-refractivity contribution in [2.75, 3.05) is 6.54 Å². The second-order valence-corrected chi connectivity index (χ2v) is 7.26. The van der Waals surface area contributed by atoms with E-state index < -0.39 is 10.0 Å². The van der Waals surface area contributed by atoms with E-state index >= 15 is 0 Å². The topological polar surface area (TPSA) is 64.0 Å². The summed E-state index contributed by atoms with van der Waals surface area (Å²) < 4.78 is 29.1. The molecule has 0 aliphatic rings. The van der Waals surface area contributed by atoms with Crippen molar-refractivity contribution in [3.8, 4) is 0 Å². The molecular weight excluding hydrogens is 310 g/mol. The molecule has 1 N–H and O–H groups in total. The Morgan fingerprint density at radius 1 is 1.09 bits per heavy atom. The van der Waals surface area contributed by atoms with Crippen LogP contribution in [-0.4, -0.2) is 24.5 Å². The maximum atomic E-state index is 12.2. The van der Waals surface area contributed by atoms with Crippen LogP contribution >= 0.6 is 0 Å². The summed E-state index contributed by atoms with van der Waals surface area (Å²) in [4.78, 5) is 4.63. The van der Waals surface area contributed by atoms with Gasteiger partial charge in [0, 0.05) is 13.1 Å². The number of imidazole rings is 1. The lowest BCUT2D eigenvalue weighted by Gasteiger charge is -2.08. The van der Waals surface area contributed by atoms with Crippen LogP contribution in [0.3, 0.4) is 0 Å². The number of nitrogens with one attached hydrogen (secondary N) is 1. The van der Waals surface area contributed by atoms with Gasteiger partial charge in [-0.1, -0.05) is 29.8 Å². The van der Waals surface area contributed by atoms with Crippen LogP contribution in [-0.2, 0) is 16.6 Å². The van der Waals surface area contributed by atoms with Crippen LogP contribution in [0.25, 0.3) is 11.0 Å². The van der Waals surface area contributed by atoms with E-state index in [4.69, 9.17) is 0 Å². The van der Waals surface area contributed by atoms with E-state index in [1.54, 1.807) is 30.6 Å². The normalized spacial score (nSPS) is 11.9. The minimum Gasteiger partial charge on any atom is -0.331 e. The van der Waals surface area contributed by atoms with Gasteiger partial charge < -0.3 is 4.57 Å². The molecule has 5 nitrogen and oxygen atoms in total. The molecule has 0 fully saturated rings. The lowest BCUT2D eigenvalue weighted by Crippen LogP contribution is -2.25. The number of para-hydroxylation sites is 2. The molecule has 1 aromatic heterocycles. The highest BCUT2D eigenvalue weighted by Gasteiger charge is 2.12. The number of sulfonamides is 1. The lowest BCUT2D eigenvalue weighted by molar-refractivity contribution is 0.571. The quantitative estimate of drug-likeness (QED) is 0.707. The standard InChI is InChI=1S/C17H19N3O2S/c1-14-7-9-15(10-8-14)23(21,22)19-11-4-12-20-13-18-16-5-2-3-6-17(16)20/h2-3,5-10,13,19H,4,11-12H2,1H3. The molecule has 0 aliphatic heterocycles. The molecule has 0 unspecified atom stereocenters. The molecule has 23 heavy (non-hydrogen) atoms. The molecule has 0 saturated carbocycles. The van der Waals surface area contributed by atoms with Crippen LogP contribution in [0.15, 0.2) is 59.8 Å². The van der Waals surface area contributed by atoms with Crippen molar-refractivity contribution in [2.45, 2.75) is 24.8 Å². The van der Waals surface area contributed by atoms with Gasteiger partial charge in [-0.15, -0.1) is 0 Å². The maximum Gasteiger partial charge on any atom is 0.240 e. The highest BCUT2D eigenvalue weighted by atomic mass is 32.2. The van der Waals surface area contributed by atoms with Crippen molar-refractivity contribution >= 4 is 21.1 Å². The Hall–Kier alpha value is -2.18. The van der Waals surface area contributed by atoms with Gasteiger partial charge in [0.1, 0.15) is 0 Å². The van der Waals surface area contributed by atoms with Gasteiger partial charge in [0.15, 0.2) is 0 Å². The first-order valence-electron chi connectivity index (χ1n) is 7.52. The molecule has 6 heteroatoms. The van der Waals surface area contributed by atoms with Crippen molar-refractivity contribution < 1.29 is 8.42 Å². The van der Waals surface area contributed by atoms with E-state index in [1.807, 2.05) is 35.8 Å². The zero-order valence-electron chi connectivity index (χ0n) is 12.9. The predicted octanol–water partition coefficient (Wildman–Crippen LogP) is 2.71. The van der Waals surface area contributed by atoms with Gasteiger partial charge in [-0.3, -0.25) is 0 Å². The number of rotatable bonds is 6. The maximum absolute atomic E-state index is 12.2. The number of nitrogens with zero attached hydrogens (tertiary/aromatic N) is 2. The van der Waals surface area contributed by atoms with Crippen LogP contribution in [0.2, 0.25) is 0 Å². The zero-order chi connectivity index (χ0) is 16.3. The van der Waals surface area contributed by atoms with Crippen molar-refractivity contribution in [1.82, 2.24) is 14.3 Å². The molecule has 1 heterocycles. The summed E-state index contributed by atoms with van der Waals surface area (Å²) in [5.41, 5.74) is 3.05. The largest absolute Gasteiger partial charge is 0.331 e. The zero-order valence-corrected chi connectivity index (χ0v) is 13.8. The summed E-state index contributed by atoms with van der Waals surface area (Å²) >= 11 is 0. The first-order chi connectivity index (χ1) is 11.1. The minimum atomic E-state index is -3.44. The number of aryl methyl sites for hydroxylation is 2. The summed E-state index contributed by atoms with van der Waals surface area (Å²) in [6.45, 7) is 3.04. The smallest absolute Gasteiger partial charge is 0.240 e. The first kappa shape index (κ1) is 15.7. The second kappa shape index (κ2) is 6.52. The van der Waals surface area contributed by atoms with Gasteiger partial charge >= 0.3 is 0 Å². The van der Waals surface area contributed by atoms with Gasteiger partial charge in [0.05, 0.1) is 22.3 Å². The monoisotopic (exact) mass is 329 g/mol. The van der Waals surface area contributed by atoms with E-state index in [0.717, 1.165) is 23.1 Å². The number of hydrogen-bond acceptors (Lipinski definition) is 3. The van der Waals surface area contributed by atoms with Crippen LogP contribution in [0, 0.1) is 6.92 Å². The highest BCUT2D eigenvalue weighted by Crippen LogP contribution is 2.12. The predicted molar refractivity (Wildman–Crippen MR) is 90.7 cm³/mol. The highest BCUT2D eigenvalue weighted by molar-refractivity contribution is 7.89. The molecule has 3 rings (SSSR count). The van der Waals surface area contributed by atoms with Crippen LogP contribution in [0.1, 0.15) is 12.0 Å². The fourth-order valence-electron chi connectivity index (χ4n) is 2.45. The Kier molecular flexibility index (Phi) is 4.45. The third-order valence-electron chi connectivity index (χ3n) is 3.73. The molecule has 3 aromatic rings. The molecule has 0 atom stereocenters. The molecule has 0 amide bonds. The fourth-order valence-corrected chi connectivity index (χ4v) is 3.52. The third kappa shape index (κ3) is 3.60. The third-order valence-corrected chi connectivity index (χ3v) is 5.20. The fraction of sp³-hybridized carbons (Fsp3) is 0.235. The van der Waals surface area contributed by atoms with E-state index in [9.17, 15) is 8.42 Å². The average Bonchev–Trinajstić information content (AvgIpc) is 2.95. The number of aromatic nitrogens is 2. The average molecular weight is 329 g/mol. The molecule has 0 bridgehead atoms. The van der Waals surface area contributed by atoms with E-state index in [1.165, 1.54) is 0 Å². The van der Waals surface area contributed by atoms with Gasteiger partial charge in [-0.2, -0.15) is 0 Å². The van der Waals surface area contributed by atoms with E-state index in [0.29, 0.717) is 17.9 Å². The summed E-state index contributed by atoms with van der Waals surface area (Å²) in [6.07, 6.45) is 2.49. The van der Waals surface area contributed by atoms with E-state index in [2.05, 4.69) is 9.71 Å². The van der Waals surface area contributed by atoms with Crippen molar-refractivity contribution in [2.24, 2.45) is 0 Å². The Morgan fingerprint density at radius 2 is 1.83 bits per heavy atom. The van der Waals surface area contributed by atoms with E-state index in [-0.39, 0.29) is 0 Å². The van der Waals surface area contributed by atoms with Gasteiger partial charge in [-0.05, 0) is 37.6 Å². The Morgan fingerprint density at radius 3 is 2.61 bits per heavy atom. The minimum absolute atomic E-state index is 0.302. The molecule has 0 spiro atoms. The first-order valence-corrected chi connectivity index (χ1v) is 9.01. The lowest BCUT2D eigenvalue weighted by atomic mass is 10.2. The van der Waals surface area contributed by atoms with Gasteiger partial charge in [0.2, 0.25) is 10.0 Å². The Labute approximate surface area is 136 Å². The molecule has 120 valence electrons. The van der Waals surface area contributed by atoms with Crippen LogP contribution in [0.4, 0.5) is 0 Å². The molecule has 0 aliphatic carbocycles. The summed E-state index contributed by atoms with van der Waals surface area (Å²) in [7, 11) is -3.44. The molecular formula is C17H19N3O2S. The molecule has 0 radical (unpaired) electrons. The summed E-state index contributed by atoms with van der Waals surface area (Å²) in [5.74, 6) is 0. The second-order valence-electron chi connectivity index (χ2n) is 5.49. The van der Waals surface area contributed by atoms with Gasteiger partial charge in [-0.25, -0.2) is 18.1 Å². The van der Waals surface area contributed by atoms with Crippen molar-refractivity contribution in [3.05, 3.63) is 60.4 Å². The molecule has 0 saturated heterocycles. The number of fused-ring (bicyclic) bond motifs is 1. The van der Waals surface area contributed by atoms with Crippen LogP contribution < -0.4 is 4.72 Å². The Balaban J connectivity index is 1.58. The van der Waals surface area contributed by atoms with Crippen LogP contribution in [0.5, 0.6) is 0 Å². The van der Waals surface area contributed by atoms with Crippen molar-refractivity contribution in [3.63, 3.8) is 0 Å². The number of hydrogen-bond donors (Lipinski definition) is 1. The SMILES string of the molecule is Cc1ccc(S(=O)(=O)NCCCn2cnc3ccccc32)cc1. The Bertz CT molecular complexity index is 899. The summed E-state index contributed by atoms with van der Waals surface area (Å²) in [6, 6.07) is 14.8.